The number of ketones is 3. The SMILES string of the molecule is CC(C)C1=CC2=C(C(=O)C1=O)[C@@]1(c3nnc([C@H](C)NC(=O)OC(C)(C)C)o3)CCCC(C)(C)[C@@H]1CC2=O. The minimum absolute atomic E-state index is 0.135. The second-order valence-electron chi connectivity index (χ2n) is 12.5. The summed E-state index contributed by atoms with van der Waals surface area (Å²) in [5, 5.41) is 11.3. The van der Waals surface area contributed by atoms with E-state index in [0.717, 1.165) is 12.8 Å². The number of carbonyl (C=O) groups is 4. The van der Waals surface area contributed by atoms with Crippen LogP contribution < -0.4 is 5.32 Å². The van der Waals surface area contributed by atoms with Gasteiger partial charge < -0.3 is 14.5 Å². The number of alkyl carbamates (subject to hydrolysis) is 1. The summed E-state index contributed by atoms with van der Waals surface area (Å²) in [5.41, 5.74) is -1.21. The van der Waals surface area contributed by atoms with Crippen LogP contribution in [0.4, 0.5) is 4.79 Å². The lowest BCUT2D eigenvalue weighted by molar-refractivity contribution is -0.135. The van der Waals surface area contributed by atoms with Gasteiger partial charge in [-0.15, -0.1) is 10.2 Å². The molecule has 4 rings (SSSR count). The van der Waals surface area contributed by atoms with Crippen molar-refractivity contribution >= 4 is 23.4 Å². The molecule has 0 bridgehead atoms. The molecular formula is C28H37N3O6. The van der Waals surface area contributed by atoms with E-state index >= 15 is 0 Å². The van der Waals surface area contributed by atoms with E-state index in [1.807, 2.05) is 13.8 Å². The first-order chi connectivity index (χ1) is 17.1. The van der Waals surface area contributed by atoms with Crippen molar-refractivity contribution in [1.29, 1.82) is 0 Å². The van der Waals surface area contributed by atoms with Crippen LogP contribution in [0.5, 0.6) is 0 Å². The molecule has 0 aromatic carbocycles. The summed E-state index contributed by atoms with van der Waals surface area (Å²) in [6.07, 6.45) is 3.34. The van der Waals surface area contributed by atoms with Crippen LogP contribution in [-0.4, -0.2) is 39.2 Å². The fourth-order valence-corrected chi connectivity index (χ4v) is 6.13. The van der Waals surface area contributed by atoms with Crippen molar-refractivity contribution in [3.63, 3.8) is 0 Å². The highest BCUT2D eigenvalue weighted by Gasteiger charge is 2.62. The first-order valence-electron chi connectivity index (χ1n) is 13.0. The topological polar surface area (TPSA) is 128 Å². The van der Waals surface area contributed by atoms with Crippen molar-refractivity contribution in [2.24, 2.45) is 17.3 Å². The maximum Gasteiger partial charge on any atom is 0.408 e. The third-order valence-corrected chi connectivity index (χ3v) is 7.88. The molecule has 0 spiro atoms. The van der Waals surface area contributed by atoms with E-state index in [1.54, 1.807) is 33.8 Å². The van der Waals surface area contributed by atoms with Crippen molar-refractivity contribution in [1.82, 2.24) is 15.5 Å². The van der Waals surface area contributed by atoms with Crippen LogP contribution in [0.1, 0.15) is 98.9 Å². The summed E-state index contributed by atoms with van der Waals surface area (Å²) in [6, 6.07) is -0.655. The van der Waals surface area contributed by atoms with Crippen LogP contribution in [-0.2, 0) is 24.5 Å². The molecule has 1 heterocycles. The van der Waals surface area contributed by atoms with Gasteiger partial charge in [0.15, 0.2) is 5.78 Å². The van der Waals surface area contributed by atoms with E-state index in [4.69, 9.17) is 9.15 Å². The Balaban J connectivity index is 1.84. The lowest BCUT2D eigenvalue weighted by Crippen LogP contribution is -2.55. The first-order valence-corrected chi connectivity index (χ1v) is 13.0. The summed E-state index contributed by atoms with van der Waals surface area (Å²) >= 11 is 0. The third kappa shape index (κ3) is 4.57. The Morgan fingerprint density at radius 1 is 1.11 bits per heavy atom. The second-order valence-corrected chi connectivity index (χ2v) is 12.5. The summed E-state index contributed by atoms with van der Waals surface area (Å²) in [6.45, 7) is 14.8. The van der Waals surface area contributed by atoms with Gasteiger partial charge in [0.25, 0.3) is 0 Å². The molecule has 1 fully saturated rings. The monoisotopic (exact) mass is 511 g/mol. The standard InChI is InChI=1S/C28H37N3O6/c1-14(2)16-12-17-18(32)13-19-27(7,8)10-9-11-28(19,20(17)22(34)21(16)33)24-31-30-23(36-24)15(3)29-25(35)37-26(4,5)6/h12,14-15,19H,9-11,13H2,1-8H3,(H,29,35)/t15-,19-,28+/m0/s1. The van der Waals surface area contributed by atoms with Gasteiger partial charge in [-0.3, -0.25) is 14.4 Å². The van der Waals surface area contributed by atoms with Gasteiger partial charge in [0.1, 0.15) is 11.6 Å². The largest absolute Gasteiger partial charge is 0.444 e. The molecule has 1 saturated carbocycles. The molecule has 1 amide bonds. The van der Waals surface area contributed by atoms with Crippen molar-refractivity contribution in [3.05, 3.63) is 34.6 Å². The van der Waals surface area contributed by atoms with Gasteiger partial charge in [-0.05, 0) is 63.9 Å². The molecule has 0 unspecified atom stereocenters. The van der Waals surface area contributed by atoms with E-state index in [0.29, 0.717) is 17.6 Å². The van der Waals surface area contributed by atoms with Crippen molar-refractivity contribution in [2.75, 3.05) is 0 Å². The second kappa shape index (κ2) is 9.03. The molecule has 1 aromatic rings. The fraction of sp³-hybridized carbons (Fsp3) is 0.643. The zero-order valence-corrected chi connectivity index (χ0v) is 23.0. The van der Waals surface area contributed by atoms with Gasteiger partial charge in [0.2, 0.25) is 23.3 Å². The maximum absolute atomic E-state index is 13.7. The smallest absolute Gasteiger partial charge is 0.408 e. The number of aromatic nitrogens is 2. The number of allylic oxidation sites excluding steroid dienone is 4. The average molecular weight is 512 g/mol. The average Bonchev–Trinajstić information content (AvgIpc) is 3.26. The normalized spacial score (nSPS) is 26.5. The molecule has 3 aliphatic carbocycles. The molecule has 9 heteroatoms. The molecular weight excluding hydrogens is 474 g/mol. The van der Waals surface area contributed by atoms with Gasteiger partial charge in [0, 0.05) is 23.1 Å². The van der Waals surface area contributed by atoms with E-state index < -0.39 is 34.7 Å². The molecule has 0 saturated heterocycles. The van der Waals surface area contributed by atoms with Crippen molar-refractivity contribution < 1.29 is 28.3 Å². The predicted octanol–water partition coefficient (Wildman–Crippen LogP) is 4.72. The van der Waals surface area contributed by atoms with Crippen LogP contribution in [0.3, 0.4) is 0 Å². The Morgan fingerprint density at radius 2 is 1.78 bits per heavy atom. The quantitative estimate of drug-likeness (QED) is 0.454. The first kappa shape index (κ1) is 26.9. The van der Waals surface area contributed by atoms with Crippen molar-refractivity contribution in [2.45, 2.75) is 98.1 Å². The summed E-state index contributed by atoms with van der Waals surface area (Å²) in [7, 11) is 0. The number of nitrogens with zero attached hydrogens (tertiary/aromatic N) is 2. The number of amides is 1. The van der Waals surface area contributed by atoms with Crippen LogP contribution >= 0.6 is 0 Å². The highest BCUT2D eigenvalue weighted by atomic mass is 16.6. The van der Waals surface area contributed by atoms with Gasteiger partial charge in [-0.2, -0.15) is 0 Å². The summed E-state index contributed by atoms with van der Waals surface area (Å²) < 4.78 is 11.5. The maximum atomic E-state index is 13.7. The Morgan fingerprint density at radius 3 is 2.41 bits per heavy atom. The Kier molecular flexibility index (Phi) is 6.57. The number of hydrogen-bond acceptors (Lipinski definition) is 8. The Bertz CT molecular complexity index is 1230. The molecule has 1 N–H and O–H groups in total. The molecule has 3 aliphatic rings. The number of Topliss-reactive ketones (excluding diaryl/α,β-unsaturated/α-hetero) is 3. The molecule has 1 aromatic heterocycles. The molecule has 200 valence electrons. The van der Waals surface area contributed by atoms with E-state index in [2.05, 4.69) is 29.4 Å². The molecule has 9 nitrogen and oxygen atoms in total. The van der Waals surface area contributed by atoms with Gasteiger partial charge >= 0.3 is 6.09 Å². The van der Waals surface area contributed by atoms with E-state index in [1.165, 1.54) is 0 Å². The minimum atomic E-state index is -1.06. The van der Waals surface area contributed by atoms with Crippen LogP contribution in [0.25, 0.3) is 0 Å². The van der Waals surface area contributed by atoms with Gasteiger partial charge in [0.05, 0.1) is 5.41 Å². The predicted molar refractivity (Wildman–Crippen MR) is 134 cm³/mol. The molecule has 3 atom stereocenters. The lowest BCUT2D eigenvalue weighted by atomic mass is 9.48. The Labute approximate surface area is 217 Å². The van der Waals surface area contributed by atoms with Gasteiger partial charge in [-0.1, -0.05) is 34.1 Å². The molecule has 37 heavy (non-hydrogen) atoms. The molecule has 0 radical (unpaired) electrons. The number of nitrogens with one attached hydrogen (secondary N) is 1. The third-order valence-electron chi connectivity index (χ3n) is 7.88. The highest BCUT2D eigenvalue weighted by molar-refractivity contribution is 6.51. The zero-order valence-electron chi connectivity index (χ0n) is 23.0. The zero-order chi connectivity index (χ0) is 27.5. The molecule has 0 aliphatic heterocycles. The van der Waals surface area contributed by atoms with Crippen LogP contribution in [0.2, 0.25) is 0 Å². The number of hydrogen-bond donors (Lipinski definition) is 1. The minimum Gasteiger partial charge on any atom is -0.444 e. The number of carbonyl (C=O) groups excluding carboxylic acids is 4. The summed E-state index contributed by atoms with van der Waals surface area (Å²) in [4.78, 5) is 52.6. The number of rotatable bonds is 4. The highest BCUT2D eigenvalue weighted by Crippen LogP contribution is 2.60. The van der Waals surface area contributed by atoms with Crippen LogP contribution in [0, 0.1) is 17.3 Å². The van der Waals surface area contributed by atoms with Crippen LogP contribution in [0.15, 0.2) is 27.2 Å². The summed E-state index contributed by atoms with van der Waals surface area (Å²) in [5.74, 6) is -1.49. The van der Waals surface area contributed by atoms with E-state index in [-0.39, 0.29) is 46.8 Å². The number of ether oxygens (including phenoxy) is 1. The lowest BCUT2D eigenvalue weighted by Gasteiger charge is -2.53. The Hall–Kier alpha value is -3.10. The number of fused-ring (bicyclic) bond motifs is 2. The van der Waals surface area contributed by atoms with E-state index in [9.17, 15) is 19.2 Å². The fourth-order valence-electron chi connectivity index (χ4n) is 6.13. The van der Waals surface area contributed by atoms with Crippen molar-refractivity contribution in [3.8, 4) is 0 Å². The van der Waals surface area contributed by atoms with Gasteiger partial charge in [-0.25, -0.2) is 4.79 Å².